The first-order valence-corrected chi connectivity index (χ1v) is 9.26. The fraction of sp³-hybridized carbons (Fsp3) is 0.0952. The number of nitrogens with one attached hydrogen (secondary N) is 2. The maximum Gasteiger partial charge on any atom is 0.251 e. The molecule has 0 saturated carbocycles. The quantitative estimate of drug-likeness (QED) is 0.401. The number of benzene rings is 3. The molecule has 3 nitrogen and oxygen atoms in total. The Morgan fingerprint density at radius 3 is 2.60 bits per heavy atom. The highest BCUT2D eigenvalue weighted by atomic mass is 32.2. The minimum absolute atomic E-state index is 0.0173. The lowest BCUT2D eigenvalue weighted by atomic mass is 10.0. The van der Waals surface area contributed by atoms with Crippen LogP contribution in [0, 0.1) is 0 Å². The van der Waals surface area contributed by atoms with E-state index >= 15 is 0 Å². The van der Waals surface area contributed by atoms with Crippen molar-refractivity contribution in [3.63, 3.8) is 0 Å². The van der Waals surface area contributed by atoms with Crippen LogP contribution in [-0.4, -0.2) is 23.2 Å². The van der Waals surface area contributed by atoms with Crippen LogP contribution in [0.4, 0.5) is 0 Å². The number of carbonyl (C=O) groups excluding carboxylic acids is 1. The van der Waals surface area contributed by atoms with Crippen LogP contribution in [0.25, 0.3) is 21.7 Å². The van der Waals surface area contributed by atoms with Crippen LogP contribution in [0.1, 0.15) is 10.4 Å². The summed E-state index contributed by atoms with van der Waals surface area (Å²) >= 11 is 1.75. The van der Waals surface area contributed by atoms with Gasteiger partial charge in [0.15, 0.2) is 0 Å². The zero-order valence-corrected chi connectivity index (χ0v) is 14.5. The average molecular weight is 346 g/mol. The summed E-state index contributed by atoms with van der Waals surface area (Å²) in [7, 11) is 0. The molecule has 0 radical (unpaired) electrons. The van der Waals surface area contributed by atoms with Gasteiger partial charge >= 0.3 is 0 Å². The van der Waals surface area contributed by atoms with E-state index in [1.165, 1.54) is 10.3 Å². The summed E-state index contributed by atoms with van der Waals surface area (Å²) in [4.78, 5) is 17.0. The first-order valence-electron chi connectivity index (χ1n) is 8.28. The number of carbonyl (C=O) groups is 1. The van der Waals surface area contributed by atoms with E-state index in [1.54, 1.807) is 11.8 Å². The maximum absolute atomic E-state index is 12.5. The third-order valence-electron chi connectivity index (χ3n) is 4.23. The van der Waals surface area contributed by atoms with Gasteiger partial charge in [0, 0.05) is 39.9 Å². The van der Waals surface area contributed by atoms with Crippen molar-refractivity contribution >= 4 is 39.3 Å². The van der Waals surface area contributed by atoms with E-state index in [1.807, 2.05) is 60.8 Å². The zero-order valence-electron chi connectivity index (χ0n) is 13.7. The number of H-pyrrole nitrogens is 1. The van der Waals surface area contributed by atoms with Gasteiger partial charge in [0.25, 0.3) is 5.91 Å². The number of aromatic nitrogens is 1. The van der Waals surface area contributed by atoms with Crippen LogP contribution >= 0.6 is 11.8 Å². The molecule has 0 unspecified atom stereocenters. The van der Waals surface area contributed by atoms with Crippen molar-refractivity contribution in [3.05, 3.63) is 78.5 Å². The van der Waals surface area contributed by atoms with Crippen LogP contribution in [0.5, 0.6) is 0 Å². The van der Waals surface area contributed by atoms with Crippen molar-refractivity contribution in [1.82, 2.24) is 10.3 Å². The van der Waals surface area contributed by atoms with Gasteiger partial charge in [0.05, 0.1) is 0 Å². The van der Waals surface area contributed by atoms with Crippen LogP contribution < -0.4 is 5.32 Å². The minimum Gasteiger partial charge on any atom is -0.360 e. The van der Waals surface area contributed by atoms with Gasteiger partial charge in [-0.15, -0.1) is 11.8 Å². The van der Waals surface area contributed by atoms with Crippen molar-refractivity contribution in [2.45, 2.75) is 4.90 Å². The highest BCUT2D eigenvalue weighted by molar-refractivity contribution is 7.99. The fourth-order valence-corrected chi connectivity index (χ4v) is 3.91. The number of para-hydroxylation sites is 1. The molecule has 0 bridgehead atoms. The van der Waals surface area contributed by atoms with Crippen LogP contribution in [0.3, 0.4) is 0 Å². The van der Waals surface area contributed by atoms with Crippen LogP contribution in [-0.2, 0) is 0 Å². The first-order chi connectivity index (χ1) is 12.3. The molecule has 4 aromatic rings. The predicted octanol–water partition coefficient (Wildman–Crippen LogP) is 4.84. The molecule has 0 aliphatic carbocycles. The maximum atomic E-state index is 12.5. The zero-order chi connectivity index (χ0) is 17.1. The standard InChI is InChI=1S/C21H18N2OS/c24-21(17-10-5-7-15-6-1-2-8-16(15)17)22-12-13-25-20-14-23-19-11-4-3-9-18(19)20/h1-11,14,23H,12-13H2,(H,22,24). The van der Waals surface area contributed by atoms with Crippen molar-refractivity contribution in [3.8, 4) is 0 Å². The molecular weight excluding hydrogens is 328 g/mol. The Labute approximate surface area is 150 Å². The summed E-state index contributed by atoms with van der Waals surface area (Å²) in [5, 5.41) is 6.34. The van der Waals surface area contributed by atoms with Gasteiger partial charge in [-0.05, 0) is 22.9 Å². The normalized spacial score (nSPS) is 11.0. The summed E-state index contributed by atoms with van der Waals surface area (Å²) in [6.07, 6.45) is 2.03. The minimum atomic E-state index is -0.0173. The lowest BCUT2D eigenvalue weighted by Crippen LogP contribution is -2.25. The van der Waals surface area contributed by atoms with Gasteiger partial charge in [-0.1, -0.05) is 54.6 Å². The summed E-state index contributed by atoms with van der Waals surface area (Å²) < 4.78 is 0. The molecule has 0 fully saturated rings. The smallest absolute Gasteiger partial charge is 0.251 e. The molecule has 0 aliphatic rings. The average Bonchev–Trinajstić information content (AvgIpc) is 3.08. The number of rotatable bonds is 5. The second-order valence-corrected chi connectivity index (χ2v) is 6.97. The molecule has 3 aromatic carbocycles. The Kier molecular flexibility index (Phi) is 4.44. The predicted molar refractivity (Wildman–Crippen MR) is 105 cm³/mol. The number of fused-ring (bicyclic) bond motifs is 2. The molecule has 124 valence electrons. The fourth-order valence-electron chi connectivity index (χ4n) is 3.01. The number of aromatic amines is 1. The number of thioether (sulfide) groups is 1. The highest BCUT2D eigenvalue weighted by Crippen LogP contribution is 2.27. The summed E-state index contributed by atoms with van der Waals surface area (Å²) in [6, 6.07) is 22.1. The number of hydrogen-bond acceptors (Lipinski definition) is 2. The molecule has 0 atom stereocenters. The second-order valence-electron chi connectivity index (χ2n) is 5.83. The Morgan fingerprint density at radius 2 is 1.68 bits per heavy atom. The molecule has 2 N–H and O–H groups in total. The molecule has 4 heteroatoms. The van der Waals surface area contributed by atoms with Gasteiger partial charge in [-0.2, -0.15) is 0 Å². The van der Waals surface area contributed by atoms with Crippen molar-refractivity contribution in [1.29, 1.82) is 0 Å². The third-order valence-corrected chi connectivity index (χ3v) is 5.29. The topological polar surface area (TPSA) is 44.9 Å². The summed E-state index contributed by atoms with van der Waals surface area (Å²) in [6.45, 7) is 0.631. The largest absolute Gasteiger partial charge is 0.360 e. The summed E-state index contributed by atoms with van der Waals surface area (Å²) in [5.74, 6) is 0.814. The van der Waals surface area contributed by atoms with E-state index in [9.17, 15) is 4.79 Å². The molecule has 0 spiro atoms. The van der Waals surface area contributed by atoms with E-state index in [0.717, 1.165) is 27.6 Å². The van der Waals surface area contributed by atoms with Gasteiger partial charge in [0.2, 0.25) is 0 Å². The molecule has 25 heavy (non-hydrogen) atoms. The van der Waals surface area contributed by atoms with E-state index in [0.29, 0.717) is 6.54 Å². The Morgan fingerprint density at radius 1 is 0.920 bits per heavy atom. The van der Waals surface area contributed by atoms with Gasteiger partial charge in [0.1, 0.15) is 0 Å². The first kappa shape index (κ1) is 15.8. The van der Waals surface area contributed by atoms with Crippen molar-refractivity contribution in [2.75, 3.05) is 12.3 Å². The Balaban J connectivity index is 1.39. The molecule has 4 rings (SSSR count). The summed E-state index contributed by atoms with van der Waals surface area (Å²) in [5.41, 5.74) is 1.87. The van der Waals surface area contributed by atoms with E-state index in [2.05, 4.69) is 22.4 Å². The lowest BCUT2D eigenvalue weighted by Gasteiger charge is -2.08. The van der Waals surface area contributed by atoms with Crippen LogP contribution in [0.15, 0.2) is 77.8 Å². The molecule has 1 aromatic heterocycles. The van der Waals surface area contributed by atoms with E-state index in [-0.39, 0.29) is 5.91 Å². The third kappa shape index (κ3) is 3.26. The molecular formula is C21H18N2OS. The van der Waals surface area contributed by atoms with Crippen LogP contribution in [0.2, 0.25) is 0 Å². The lowest BCUT2D eigenvalue weighted by molar-refractivity contribution is 0.0958. The Hall–Kier alpha value is -2.72. The van der Waals surface area contributed by atoms with Gasteiger partial charge in [-0.3, -0.25) is 4.79 Å². The van der Waals surface area contributed by atoms with Gasteiger partial charge < -0.3 is 10.3 Å². The number of hydrogen-bond donors (Lipinski definition) is 2. The monoisotopic (exact) mass is 346 g/mol. The highest BCUT2D eigenvalue weighted by Gasteiger charge is 2.09. The van der Waals surface area contributed by atoms with E-state index < -0.39 is 0 Å². The molecule has 0 saturated heterocycles. The molecule has 0 aliphatic heterocycles. The van der Waals surface area contributed by atoms with Crippen molar-refractivity contribution in [2.24, 2.45) is 0 Å². The number of amides is 1. The Bertz CT molecular complexity index is 1030. The van der Waals surface area contributed by atoms with Crippen molar-refractivity contribution < 1.29 is 4.79 Å². The molecule has 1 amide bonds. The van der Waals surface area contributed by atoms with Gasteiger partial charge in [-0.25, -0.2) is 0 Å². The SMILES string of the molecule is O=C(NCCSc1c[nH]c2ccccc12)c1cccc2ccccc12. The molecule has 1 heterocycles. The van der Waals surface area contributed by atoms with E-state index in [4.69, 9.17) is 0 Å². The second kappa shape index (κ2) is 7.03.